The van der Waals surface area contributed by atoms with Crippen LogP contribution in [0.3, 0.4) is 0 Å². The Balaban J connectivity index is 1.40. The molecule has 29 heavy (non-hydrogen) atoms. The van der Waals surface area contributed by atoms with Gasteiger partial charge in [0.05, 0.1) is 5.25 Å². The van der Waals surface area contributed by atoms with E-state index in [1.807, 2.05) is 0 Å². The molecule has 3 aliphatic rings. The molecule has 0 aromatic heterocycles. The monoisotopic (exact) mass is 412 g/mol. The average molecular weight is 412 g/mol. The Kier molecular flexibility index (Phi) is 4.98. The Morgan fingerprint density at radius 1 is 1.21 bits per heavy atom. The van der Waals surface area contributed by atoms with Gasteiger partial charge >= 0.3 is 0 Å². The Morgan fingerprint density at radius 3 is 2.66 bits per heavy atom. The number of carbonyl (C=O) groups excluding carboxylic acids is 4. The number of hydrogen-bond donors (Lipinski definition) is 3. The van der Waals surface area contributed by atoms with Crippen LogP contribution in [0.15, 0.2) is 60.1 Å². The minimum absolute atomic E-state index is 0.0930. The van der Waals surface area contributed by atoms with Gasteiger partial charge in [0.2, 0.25) is 5.91 Å². The molecule has 1 saturated heterocycles. The van der Waals surface area contributed by atoms with E-state index in [0.29, 0.717) is 12.1 Å². The van der Waals surface area contributed by atoms with E-state index in [0.717, 1.165) is 23.4 Å². The summed E-state index contributed by atoms with van der Waals surface area (Å²) in [4.78, 5) is 47.6. The smallest absolute Gasteiger partial charge is 0.290 e. The Hall–Kier alpha value is -3.33. The summed E-state index contributed by atoms with van der Waals surface area (Å²) in [5, 5.41) is 13.9. The molecule has 9 heteroatoms. The number of thioether (sulfide) groups is 1. The van der Waals surface area contributed by atoms with E-state index < -0.39 is 29.0 Å². The van der Waals surface area contributed by atoms with Gasteiger partial charge in [-0.15, -0.1) is 0 Å². The highest BCUT2D eigenvalue weighted by Crippen LogP contribution is 2.30. The third-order valence-electron chi connectivity index (χ3n) is 4.68. The molecule has 148 valence electrons. The van der Waals surface area contributed by atoms with Crippen LogP contribution in [0.1, 0.15) is 5.56 Å². The number of anilines is 1. The van der Waals surface area contributed by atoms with Crippen molar-refractivity contribution in [2.45, 2.75) is 17.8 Å². The predicted molar refractivity (Wildman–Crippen MR) is 105 cm³/mol. The highest BCUT2D eigenvalue weighted by molar-refractivity contribution is 8.15. The number of ether oxygens (including phenoxy) is 1. The molecular weight excluding hydrogens is 396 g/mol. The summed E-state index contributed by atoms with van der Waals surface area (Å²) in [6.07, 6.45) is 5.36. The van der Waals surface area contributed by atoms with Crippen LogP contribution in [0.2, 0.25) is 0 Å². The number of aliphatic hydroxyl groups is 1. The van der Waals surface area contributed by atoms with Gasteiger partial charge in [-0.2, -0.15) is 0 Å². The zero-order valence-corrected chi connectivity index (χ0v) is 15.8. The zero-order valence-electron chi connectivity index (χ0n) is 15.0. The van der Waals surface area contributed by atoms with Gasteiger partial charge in [-0.1, -0.05) is 30.0 Å². The largest absolute Gasteiger partial charge is 0.511 e. The van der Waals surface area contributed by atoms with Gasteiger partial charge in [-0.25, -0.2) is 0 Å². The normalized spacial score (nSPS) is 25.5. The van der Waals surface area contributed by atoms with E-state index >= 15 is 0 Å². The number of rotatable bonds is 4. The maximum atomic E-state index is 12.5. The molecule has 0 bridgehead atoms. The number of hydrogen-bond acceptors (Lipinski definition) is 7. The third kappa shape index (κ3) is 3.95. The van der Waals surface area contributed by atoms with Gasteiger partial charge in [0.25, 0.3) is 11.1 Å². The number of aliphatic hydroxyl groups excluding tert-OH is 1. The minimum atomic E-state index is -0.826. The van der Waals surface area contributed by atoms with Crippen molar-refractivity contribution < 1.29 is 29.0 Å². The molecule has 0 spiro atoms. The second-order valence-corrected chi connectivity index (χ2v) is 7.86. The van der Waals surface area contributed by atoms with Crippen molar-refractivity contribution in [3.8, 4) is 0 Å². The summed E-state index contributed by atoms with van der Waals surface area (Å²) >= 11 is 0.959. The molecule has 1 fully saturated rings. The van der Waals surface area contributed by atoms with Gasteiger partial charge in [0, 0.05) is 11.8 Å². The van der Waals surface area contributed by atoms with Gasteiger partial charge in [-0.3, -0.25) is 24.5 Å². The molecule has 3 unspecified atom stereocenters. The SMILES string of the molecule is O=C1NC(=O)C(Cc2ccc(NC(=O)C3=CC(=O)C4C(O)=CC=CC4O3)cc2)S1. The van der Waals surface area contributed by atoms with E-state index in [9.17, 15) is 24.3 Å². The lowest BCUT2D eigenvalue weighted by Gasteiger charge is -2.29. The Labute approximate surface area is 169 Å². The van der Waals surface area contributed by atoms with Crippen molar-refractivity contribution in [3.63, 3.8) is 0 Å². The summed E-state index contributed by atoms with van der Waals surface area (Å²) in [6, 6.07) is 6.82. The van der Waals surface area contributed by atoms with E-state index in [-0.39, 0.29) is 22.7 Å². The Bertz CT molecular complexity index is 995. The van der Waals surface area contributed by atoms with Crippen LogP contribution in [0.5, 0.6) is 0 Å². The molecular formula is C20H16N2O6S. The van der Waals surface area contributed by atoms with E-state index in [4.69, 9.17) is 4.74 Å². The fraction of sp³-hybridized carbons (Fsp3) is 0.200. The summed E-state index contributed by atoms with van der Waals surface area (Å²) in [5.74, 6) is -2.33. The van der Waals surface area contributed by atoms with Crippen molar-refractivity contribution in [2.75, 3.05) is 5.32 Å². The molecule has 0 saturated carbocycles. The number of amides is 3. The average Bonchev–Trinajstić information content (AvgIpc) is 3.00. The quantitative estimate of drug-likeness (QED) is 0.691. The van der Waals surface area contributed by atoms with E-state index in [1.165, 1.54) is 6.08 Å². The fourth-order valence-electron chi connectivity index (χ4n) is 3.24. The summed E-state index contributed by atoms with van der Waals surface area (Å²) < 4.78 is 5.56. The number of fused-ring (bicyclic) bond motifs is 1. The fourth-order valence-corrected chi connectivity index (χ4v) is 4.10. The van der Waals surface area contributed by atoms with Gasteiger partial charge in [0.15, 0.2) is 11.5 Å². The first kappa shape index (κ1) is 19.0. The first-order chi connectivity index (χ1) is 13.9. The summed E-state index contributed by atoms with van der Waals surface area (Å²) in [7, 11) is 0. The first-order valence-electron chi connectivity index (χ1n) is 8.82. The number of allylic oxidation sites excluding steroid dienone is 3. The number of carbonyl (C=O) groups is 4. The zero-order chi connectivity index (χ0) is 20.5. The summed E-state index contributed by atoms with van der Waals surface area (Å²) in [6.45, 7) is 0. The topological polar surface area (TPSA) is 122 Å². The molecule has 8 nitrogen and oxygen atoms in total. The van der Waals surface area contributed by atoms with Crippen LogP contribution in [0.25, 0.3) is 0 Å². The van der Waals surface area contributed by atoms with E-state index in [2.05, 4.69) is 10.6 Å². The highest BCUT2D eigenvalue weighted by Gasteiger charge is 2.38. The molecule has 0 radical (unpaired) electrons. The van der Waals surface area contributed by atoms with Gasteiger partial charge < -0.3 is 15.2 Å². The number of imide groups is 1. The van der Waals surface area contributed by atoms with Crippen LogP contribution in [-0.2, 0) is 25.5 Å². The van der Waals surface area contributed by atoms with Crippen molar-refractivity contribution in [3.05, 3.63) is 65.7 Å². The van der Waals surface area contributed by atoms with E-state index in [1.54, 1.807) is 36.4 Å². The standard InChI is InChI=1S/C20H16N2O6S/c23-12-2-1-3-14-17(12)13(24)9-15(28-14)18(25)21-11-6-4-10(5-7-11)8-16-19(26)22-20(27)29-16/h1-7,9,14,16-17,23H,8H2,(H,21,25)(H,22,26,27). The van der Waals surface area contributed by atoms with Crippen LogP contribution in [0, 0.1) is 5.92 Å². The van der Waals surface area contributed by atoms with Crippen LogP contribution < -0.4 is 10.6 Å². The number of nitrogens with one attached hydrogen (secondary N) is 2. The van der Waals surface area contributed by atoms with Crippen LogP contribution in [-0.4, -0.2) is 39.3 Å². The van der Waals surface area contributed by atoms with Gasteiger partial charge in [0.1, 0.15) is 17.8 Å². The molecule has 2 heterocycles. The summed E-state index contributed by atoms with van der Waals surface area (Å²) in [5.41, 5.74) is 1.32. The second-order valence-electron chi connectivity index (χ2n) is 6.69. The lowest BCUT2D eigenvalue weighted by Crippen LogP contribution is -2.37. The Morgan fingerprint density at radius 2 is 1.97 bits per heavy atom. The molecule has 4 rings (SSSR count). The molecule has 1 aliphatic carbocycles. The number of ketones is 1. The molecule has 2 aliphatic heterocycles. The molecule has 3 atom stereocenters. The maximum absolute atomic E-state index is 12.5. The van der Waals surface area contributed by atoms with Gasteiger partial charge in [-0.05, 0) is 36.3 Å². The third-order valence-corrected chi connectivity index (χ3v) is 5.66. The van der Waals surface area contributed by atoms with Crippen molar-refractivity contribution in [1.82, 2.24) is 5.32 Å². The first-order valence-corrected chi connectivity index (χ1v) is 9.70. The molecule has 3 amide bonds. The van der Waals surface area contributed by atoms with Crippen molar-refractivity contribution >= 4 is 40.3 Å². The lowest BCUT2D eigenvalue weighted by molar-refractivity contribution is -0.127. The predicted octanol–water partition coefficient (Wildman–Crippen LogP) is 2.00. The second kappa shape index (κ2) is 7.59. The van der Waals surface area contributed by atoms with Crippen LogP contribution in [0.4, 0.5) is 10.5 Å². The minimum Gasteiger partial charge on any atom is -0.511 e. The highest BCUT2D eigenvalue weighted by atomic mass is 32.2. The van der Waals surface area contributed by atoms with Crippen molar-refractivity contribution in [2.24, 2.45) is 5.92 Å². The molecule has 1 aromatic rings. The lowest BCUT2D eigenvalue weighted by atomic mass is 9.89. The molecule has 1 aromatic carbocycles. The maximum Gasteiger partial charge on any atom is 0.290 e. The number of benzene rings is 1. The van der Waals surface area contributed by atoms with Crippen molar-refractivity contribution in [1.29, 1.82) is 0 Å². The molecule has 3 N–H and O–H groups in total. The van der Waals surface area contributed by atoms with Crippen LogP contribution >= 0.6 is 11.8 Å².